The van der Waals surface area contributed by atoms with Crippen LogP contribution in [0.5, 0.6) is 0 Å². The number of ether oxygens (including phenoxy) is 2. The van der Waals surface area contributed by atoms with Crippen LogP contribution in [0.4, 0.5) is 4.79 Å². The zero-order valence-corrected chi connectivity index (χ0v) is 17.0. The largest absolute Gasteiger partial charge is 0.467 e. The molecule has 26 heavy (non-hydrogen) atoms. The number of ketones is 1. The Bertz CT molecular complexity index is 483. The topological polar surface area (TPSA) is 72.9 Å². The minimum Gasteiger partial charge on any atom is -0.467 e. The van der Waals surface area contributed by atoms with Gasteiger partial charge in [0.05, 0.1) is 7.11 Å². The van der Waals surface area contributed by atoms with Gasteiger partial charge in [-0.2, -0.15) is 0 Å². The number of amides is 1. The van der Waals surface area contributed by atoms with E-state index in [1.54, 1.807) is 20.8 Å². The van der Waals surface area contributed by atoms with Crippen molar-refractivity contribution in [2.75, 3.05) is 7.11 Å². The van der Waals surface area contributed by atoms with Crippen LogP contribution in [-0.4, -0.2) is 47.5 Å². The summed E-state index contributed by atoms with van der Waals surface area (Å²) >= 11 is 0. The van der Waals surface area contributed by atoms with Gasteiger partial charge < -0.3 is 9.47 Å². The van der Waals surface area contributed by atoms with E-state index in [2.05, 4.69) is 6.92 Å². The number of Topliss-reactive ketones (excluding diaryl/α,β-unsaturated/α-hetero) is 1. The van der Waals surface area contributed by atoms with Crippen LogP contribution in [0.3, 0.4) is 0 Å². The third-order valence-corrected chi connectivity index (χ3v) is 4.58. The maximum atomic E-state index is 12.6. The van der Waals surface area contributed by atoms with Crippen LogP contribution < -0.4 is 0 Å². The summed E-state index contributed by atoms with van der Waals surface area (Å²) in [7, 11) is 1.23. The lowest BCUT2D eigenvalue weighted by Crippen LogP contribution is -2.49. The van der Waals surface area contributed by atoms with Crippen molar-refractivity contribution >= 4 is 17.8 Å². The number of rotatable bonds is 9. The van der Waals surface area contributed by atoms with Gasteiger partial charge in [0, 0.05) is 12.5 Å². The summed E-state index contributed by atoms with van der Waals surface area (Å²) in [5.74, 6) is -0.960. The summed E-state index contributed by atoms with van der Waals surface area (Å²) in [5.41, 5.74) is -0.687. The van der Waals surface area contributed by atoms with E-state index in [0.29, 0.717) is 6.42 Å². The van der Waals surface area contributed by atoms with E-state index < -0.39 is 23.7 Å². The lowest BCUT2D eigenvalue weighted by molar-refractivity contribution is -0.148. The third kappa shape index (κ3) is 6.96. The molecule has 0 spiro atoms. The predicted molar refractivity (Wildman–Crippen MR) is 99.9 cm³/mol. The second-order valence-electron chi connectivity index (χ2n) is 8.05. The molecule has 0 aliphatic carbocycles. The fraction of sp³-hybridized carbons (Fsp3) is 0.850. The second kappa shape index (κ2) is 10.5. The van der Waals surface area contributed by atoms with Crippen molar-refractivity contribution in [1.29, 1.82) is 0 Å². The number of carbonyl (C=O) groups excluding carboxylic acids is 3. The van der Waals surface area contributed by atoms with Gasteiger partial charge >= 0.3 is 12.1 Å². The van der Waals surface area contributed by atoms with Crippen molar-refractivity contribution < 1.29 is 23.9 Å². The van der Waals surface area contributed by atoms with Crippen LogP contribution in [0.25, 0.3) is 0 Å². The first kappa shape index (κ1) is 22.5. The molecule has 150 valence electrons. The Morgan fingerprint density at radius 3 is 2.19 bits per heavy atom. The Labute approximate surface area is 157 Å². The van der Waals surface area contributed by atoms with Crippen molar-refractivity contribution in [3.05, 3.63) is 0 Å². The van der Waals surface area contributed by atoms with Gasteiger partial charge in [-0.05, 0) is 27.2 Å². The molecule has 1 heterocycles. The predicted octanol–water partition coefficient (Wildman–Crippen LogP) is 4.25. The summed E-state index contributed by atoms with van der Waals surface area (Å²) in [4.78, 5) is 38.3. The van der Waals surface area contributed by atoms with Crippen LogP contribution in [0.1, 0.15) is 85.5 Å². The van der Waals surface area contributed by atoms with Crippen molar-refractivity contribution in [1.82, 2.24) is 4.90 Å². The average molecular weight is 370 g/mol. The summed E-state index contributed by atoms with van der Waals surface area (Å²) in [6.07, 6.45) is 8.40. The van der Waals surface area contributed by atoms with E-state index in [1.165, 1.54) is 37.7 Å². The highest BCUT2D eigenvalue weighted by Gasteiger charge is 2.48. The summed E-state index contributed by atoms with van der Waals surface area (Å²) in [6.45, 7) is 7.49. The SMILES string of the molecule is CCCCCCCCC[C@@H]1CC(=O)[C@H](C(=O)OC)N1C(=O)OC(C)(C)C. The Morgan fingerprint density at radius 1 is 1.08 bits per heavy atom. The zero-order valence-electron chi connectivity index (χ0n) is 17.0. The summed E-state index contributed by atoms with van der Waals surface area (Å²) < 4.78 is 10.2. The lowest BCUT2D eigenvalue weighted by Gasteiger charge is -2.30. The molecule has 6 nitrogen and oxygen atoms in total. The first-order valence-electron chi connectivity index (χ1n) is 9.83. The summed E-state index contributed by atoms with van der Waals surface area (Å²) in [6, 6.07) is -1.47. The van der Waals surface area contributed by atoms with Crippen LogP contribution in [0.15, 0.2) is 0 Å². The first-order valence-corrected chi connectivity index (χ1v) is 9.83. The second-order valence-corrected chi connectivity index (χ2v) is 8.05. The molecule has 1 aliphatic rings. The van der Waals surface area contributed by atoms with Gasteiger partial charge in [0.2, 0.25) is 0 Å². The fourth-order valence-corrected chi connectivity index (χ4v) is 3.31. The van der Waals surface area contributed by atoms with Crippen LogP contribution >= 0.6 is 0 Å². The molecular weight excluding hydrogens is 334 g/mol. The molecule has 0 saturated carbocycles. The molecule has 6 heteroatoms. The fourth-order valence-electron chi connectivity index (χ4n) is 3.31. The molecule has 1 saturated heterocycles. The Kier molecular flexibility index (Phi) is 9.09. The minimum absolute atomic E-state index is 0.189. The number of hydrogen-bond donors (Lipinski definition) is 0. The van der Waals surface area contributed by atoms with Gasteiger partial charge in [0.15, 0.2) is 11.8 Å². The molecule has 1 amide bonds. The number of methoxy groups -OCH3 is 1. The lowest BCUT2D eigenvalue weighted by atomic mass is 10.0. The molecule has 2 atom stereocenters. The van der Waals surface area contributed by atoms with Crippen LogP contribution in [0, 0.1) is 0 Å². The van der Waals surface area contributed by atoms with Crippen molar-refractivity contribution in [2.45, 2.75) is 103 Å². The quantitative estimate of drug-likeness (QED) is 0.345. The van der Waals surface area contributed by atoms with Gasteiger partial charge in [0.25, 0.3) is 0 Å². The van der Waals surface area contributed by atoms with Gasteiger partial charge in [-0.25, -0.2) is 9.59 Å². The number of likely N-dealkylation sites (tertiary alicyclic amines) is 1. The molecule has 0 aromatic rings. The van der Waals surface area contributed by atoms with Gasteiger partial charge in [0.1, 0.15) is 5.60 Å². The van der Waals surface area contributed by atoms with Crippen LogP contribution in [-0.2, 0) is 19.1 Å². The highest BCUT2D eigenvalue weighted by atomic mass is 16.6. The van der Waals surface area contributed by atoms with Gasteiger partial charge in [-0.1, -0.05) is 51.9 Å². The number of carbonyl (C=O) groups is 3. The molecule has 0 bridgehead atoms. The van der Waals surface area contributed by atoms with Crippen molar-refractivity contribution in [3.8, 4) is 0 Å². The standard InChI is InChI=1S/C20H35NO5/c1-6-7-8-9-10-11-12-13-15-14-16(22)17(18(23)25-5)21(15)19(24)26-20(2,3)4/h15,17H,6-14H2,1-5H3/t15-,17-/m1/s1. The average Bonchev–Trinajstić information content (AvgIpc) is 2.88. The third-order valence-electron chi connectivity index (χ3n) is 4.58. The zero-order chi connectivity index (χ0) is 19.7. The highest BCUT2D eigenvalue weighted by Crippen LogP contribution is 2.28. The molecule has 1 fully saturated rings. The normalized spacial score (nSPS) is 20.3. The van der Waals surface area contributed by atoms with E-state index in [1.807, 2.05) is 0 Å². The smallest absolute Gasteiger partial charge is 0.411 e. The number of unbranched alkanes of at least 4 members (excludes halogenated alkanes) is 6. The maximum Gasteiger partial charge on any atom is 0.411 e. The van der Waals surface area contributed by atoms with Gasteiger partial charge in [-0.3, -0.25) is 9.69 Å². The van der Waals surface area contributed by atoms with E-state index >= 15 is 0 Å². The van der Waals surface area contributed by atoms with Crippen LogP contribution in [0.2, 0.25) is 0 Å². The summed E-state index contributed by atoms with van der Waals surface area (Å²) in [5, 5.41) is 0. The Balaban J connectivity index is 2.67. The maximum absolute atomic E-state index is 12.6. The van der Waals surface area contributed by atoms with Crippen molar-refractivity contribution in [2.24, 2.45) is 0 Å². The molecule has 0 aromatic heterocycles. The highest BCUT2D eigenvalue weighted by molar-refractivity contribution is 6.07. The Hall–Kier alpha value is -1.59. The molecule has 0 N–H and O–H groups in total. The number of esters is 1. The van der Waals surface area contributed by atoms with E-state index in [0.717, 1.165) is 19.3 Å². The Morgan fingerprint density at radius 2 is 1.65 bits per heavy atom. The first-order chi connectivity index (χ1) is 12.2. The number of hydrogen-bond acceptors (Lipinski definition) is 5. The molecule has 0 radical (unpaired) electrons. The molecular formula is C20H35NO5. The molecule has 0 aromatic carbocycles. The van der Waals surface area contributed by atoms with E-state index in [-0.39, 0.29) is 18.2 Å². The van der Waals surface area contributed by atoms with Crippen molar-refractivity contribution in [3.63, 3.8) is 0 Å². The van der Waals surface area contributed by atoms with Gasteiger partial charge in [-0.15, -0.1) is 0 Å². The molecule has 0 unspecified atom stereocenters. The number of nitrogens with zero attached hydrogens (tertiary/aromatic N) is 1. The van der Waals surface area contributed by atoms with E-state index in [9.17, 15) is 14.4 Å². The monoisotopic (exact) mass is 369 g/mol. The molecule has 1 rings (SSSR count). The van der Waals surface area contributed by atoms with E-state index in [4.69, 9.17) is 9.47 Å². The minimum atomic E-state index is -1.18. The molecule has 1 aliphatic heterocycles.